The zero-order valence-electron chi connectivity index (χ0n) is 17.4. The lowest BCUT2D eigenvalue weighted by Gasteiger charge is -2.30. The van der Waals surface area contributed by atoms with Crippen LogP contribution in [-0.2, 0) is 21.2 Å². The van der Waals surface area contributed by atoms with Gasteiger partial charge in [-0.1, -0.05) is 38.5 Å². The van der Waals surface area contributed by atoms with E-state index in [2.05, 4.69) is 12.2 Å². The maximum atomic E-state index is 12.9. The highest BCUT2D eigenvalue weighted by atomic mass is 32.2. The average molecular weight is 434 g/mol. The van der Waals surface area contributed by atoms with Crippen molar-refractivity contribution in [2.45, 2.75) is 45.6 Å². The van der Waals surface area contributed by atoms with Gasteiger partial charge in [-0.2, -0.15) is 0 Å². The average Bonchev–Trinajstić information content (AvgIpc) is 2.70. The number of sulfonamides is 1. The fourth-order valence-electron chi connectivity index (χ4n) is 3.17. The van der Waals surface area contributed by atoms with E-state index in [1.54, 1.807) is 19.1 Å². The van der Waals surface area contributed by atoms with E-state index < -0.39 is 26.9 Å². The number of anilines is 2. The van der Waals surface area contributed by atoms with Crippen LogP contribution in [0.2, 0.25) is 0 Å². The minimum Gasteiger partial charge on any atom is -0.324 e. The lowest BCUT2D eigenvalue weighted by molar-refractivity contribution is -0.384. The van der Waals surface area contributed by atoms with Crippen LogP contribution >= 0.6 is 0 Å². The van der Waals surface area contributed by atoms with E-state index in [1.807, 2.05) is 12.1 Å². The second-order valence-electron chi connectivity index (χ2n) is 7.05. The number of amides is 1. The van der Waals surface area contributed by atoms with Crippen LogP contribution in [0.25, 0.3) is 0 Å². The first-order chi connectivity index (χ1) is 14.2. The Morgan fingerprint density at radius 1 is 1.17 bits per heavy atom. The van der Waals surface area contributed by atoms with Crippen LogP contribution in [0.1, 0.15) is 38.7 Å². The van der Waals surface area contributed by atoms with E-state index in [-0.39, 0.29) is 17.8 Å². The normalized spacial score (nSPS) is 12.2. The van der Waals surface area contributed by atoms with Gasteiger partial charge in [0.05, 0.1) is 16.9 Å². The minimum absolute atomic E-state index is 0.0728. The van der Waals surface area contributed by atoms with Crippen molar-refractivity contribution in [3.63, 3.8) is 0 Å². The van der Waals surface area contributed by atoms with E-state index in [4.69, 9.17) is 0 Å². The Kier molecular flexibility index (Phi) is 7.93. The van der Waals surface area contributed by atoms with Gasteiger partial charge < -0.3 is 5.32 Å². The predicted octanol–water partition coefficient (Wildman–Crippen LogP) is 4.12. The van der Waals surface area contributed by atoms with E-state index in [9.17, 15) is 23.3 Å². The second-order valence-corrected chi connectivity index (χ2v) is 8.91. The van der Waals surface area contributed by atoms with Gasteiger partial charge in [0, 0.05) is 17.8 Å². The molecule has 2 aromatic carbocycles. The van der Waals surface area contributed by atoms with Crippen molar-refractivity contribution in [3.8, 4) is 0 Å². The van der Waals surface area contributed by atoms with Crippen molar-refractivity contribution in [3.05, 3.63) is 64.2 Å². The van der Waals surface area contributed by atoms with Gasteiger partial charge in [-0.3, -0.25) is 19.2 Å². The fourth-order valence-corrected chi connectivity index (χ4v) is 4.37. The fraction of sp³-hybridized carbons (Fsp3) is 0.381. The highest BCUT2D eigenvalue weighted by Crippen LogP contribution is 2.27. The lowest BCUT2D eigenvalue weighted by Crippen LogP contribution is -2.47. The molecular weight excluding hydrogens is 406 g/mol. The summed E-state index contributed by atoms with van der Waals surface area (Å²) in [5.74, 6) is -0.504. The first-order valence-corrected chi connectivity index (χ1v) is 11.7. The first kappa shape index (κ1) is 23.3. The minimum atomic E-state index is -3.88. The zero-order valence-corrected chi connectivity index (χ0v) is 18.2. The van der Waals surface area contributed by atoms with Crippen LogP contribution in [0.4, 0.5) is 17.1 Å². The molecular formula is C21H27N3O5S. The molecule has 8 nitrogen and oxygen atoms in total. The number of nitrogens with zero attached hydrogens (tertiary/aromatic N) is 2. The Morgan fingerprint density at radius 2 is 1.83 bits per heavy atom. The smallest absolute Gasteiger partial charge is 0.271 e. The number of carbonyl (C=O) groups excluding carboxylic acids is 1. The number of non-ortho nitro benzene ring substituents is 1. The van der Waals surface area contributed by atoms with Crippen LogP contribution in [0, 0.1) is 10.1 Å². The molecule has 0 saturated carbocycles. The Morgan fingerprint density at radius 3 is 2.37 bits per heavy atom. The molecule has 0 aliphatic heterocycles. The van der Waals surface area contributed by atoms with E-state index in [0.717, 1.165) is 41.5 Å². The summed E-state index contributed by atoms with van der Waals surface area (Å²) in [6.07, 6.45) is 4.29. The maximum absolute atomic E-state index is 12.9. The molecule has 9 heteroatoms. The number of nitro benzene ring substituents is 1. The largest absolute Gasteiger partial charge is 0.324 e. The second kappa shape index (κ2) is 10.2. The van der Waals surface area contributed by atoms with Crippen molar-refractivity contribution in [2.75, 3.05) is 15.9 Å². The third kappa shape index (κ3) is 6.03. The van der Waals surface area contributed by atoms with Gasteiger partial charge in [-0.05, 0) is 43.0 Å². The Bertz CT molecular complexity index is 990. The summed E-state index contributed by atoms with van der Waals surface area (Å²) < 4.78 is 25.9. The molecule has 0 aliphatic carbocycles. The Balaban J connectivity index is 2.30. The molecule has 1 amide bonds. The highest BCUT2D eigenvalue weighted by Gasteiger charge is 2.32. The van der Waals surface area contributed by atoms with Gasteiger partial charge in [0.2, 0.25) is 15.9 Å². The summed E-state index contributed by atoms with van der Waals surface area (Å²) in [5.41, 5.74) is 1.55. The van der Waals surface area contributed by atoms with Crippen LogP contribution in [0.3, 0.4) is 0 Å². The van der Waals surface area contributed by atoms with Crippen LogP contribution in [-0.4, -0.2) is 31.5 Å². The van der Waals surface area contributed by atoms with Gasteiger partial charge in [-0.15, -0.1) is 0 Å². The number of rotatable bonds is 10. The lowest BCUT2D eigenvalue weighted by atomic mass is 10.1. The Labute approximate surface area is 177 Å². The SMILES string of the molecule is CCCCc1ccc(NC(=O)[C@@H](CC)N(c2cccc([N+](=O)[O-])c2)S(C)(=O)=O)cc1. The summed E-state index contributed by atoms with van der Waals surface area (Å²) in [7, 11) is -3.88. The molecule has 0 fully saturated rings. The molecule has 0 unspecified atom stereocenters. The van der Waals surface area contributed by atoms with E-state index >= 15 is 0 Å². The molecule has 0 spiro atoms. The summed E-state index contributed by atoms with van der Waals surface area (Å²) in [6.45, 7) is 3.81. The summed E-state index contributed by atoms with van der Waals surface area (Å²) in [6, 6.07) is 11.6. The first-order valence-electron chi connectivity index (χ1n) is 9.81. The number of carbonyl (C=O) groups is 1. The van der Waals surface area contributed by atoms with Crippen molar-refractivity contribution < 1.29 is 18.1 Å². The van der Waals surface area contributed by atoms with Gasteiger partial charge in [-0.25, -0.2) is 8.42 Å². The van der Waals surface area contributed by atoms with Crippen molar-refractivity contribution in [2.24, 2.45) is 0 Å². The predicted molar refractivity (Wildman–Crippen MR) is 118 cm³/mol. The molecule has 0 heterocycles. The van der Waals surface area contributed by atoms with Crippen molar-refractivity contribution in [1.82, 2.24) is 0 Å². The molecule has 162 valence electrons. The van der Waals surface area contributed by atoms with Gasteiger partial charge in [0.25, 0.3) is 5.69 Å². The molecule has 0 radical (unpaired) electrons. The number of hydrogen-bond donors (Lipinski definition) is 1. The number of unbranched alkanes of at least 4 members (excludes halogenated alkanes) is 1. The van der Waals surface area contributed by atoms with E-state index in [1.165, 1.54) is 18.2 Å². The molecule has 1 N–H and O–H groups in total. The number of nitrogens with one attached hydrogen (secondary N) is 1. The zero-order chi connectivity index (χ0) is 22.3. The standard InChI is InChI=1S/C21H27N3O5S/c1-4-6-8-16-11-13-17(14-12-16)22-21(25)20(5-2)23(30(3,28)29)18-9-7-10-19(15-18)24(26)27/h7,9-15,20H,4-6,8H2,1-3H3,(H,22,25)/t20-/m1/s1. The molecule has 0 saturated heterocycles. The molecule has 0 aliphatic rings. The third-order valence-electron chi connectivity index (χ3n) is 4.67. The van der Waals surface area contributed by atoms with Gasteiger partial charge >= 0.3 is 0 Å². The van der Waals surface area contributed by atoms with Crippen LogP contribution in [0.15, 0.2) is 48.5 Å². The number of aryl methyl sites for hydroxylation is 1. The van der Waals surface area contributed by atoms with Gasteiger partial charge in [0.15, 0.2) is 0 Å². The number of hydrogen-bond acceptors (Lipinski definition) is 5. The summed E-state index contributed by atoms with van der Waals surface area (Å²) in [5, 5.41) is 13.8. The molecule has 2 rings (SSSR count). The van der Waals surface area contributed by atoms with Gasteiger partial charge in [0.1, 0.15) is 6.04 Å². The third-order valence-corrected chi connectivity index (χ3v) is 5.85. The molecule has 0 bridgehead atoms. The van der Waals surface area contributed by atoms with Crippen LogP contribution < -0.4 is 9.62 Å². The van der Waals surface area contributed by atoms with Crippen molar-refractivity contribution >= 4 is 33.0 Å². The summed E-state index contributed by atoms with van der Waals surface area (Å²) in [4.78, 5) is 23.4. The topological polar surface area (TPSA) is 110 Å². The molecule has 2 aromatic rings. The molecule has 1 atom stereocenters. The molecule has 30 heavy (non-hydrogen) atoms. The van der Waals surface area contributed by atoms with Crippen molar-refractivity contribution in [1.29, 1.82) is 0 Å². The maximum Gasteiger partial charge on any atom is 0.271 e. The number of benzene rings is 2. The molecule has 0 aromatic heterocycles. The summed E-state index contributed by atoms with van der Waals surface area (Å²) >= 11 is 0. The Hall–Kier alpha value is -2.94. The highest BCUT2D eigenvalue weighted by molar-refractivity contribution is 7.92. The number of nitro groups is 1. The quantitative estimate of drug-likeness (QED) is 0.448. The van der Waals surface area contributed by atoms with Crippen LogP contribution in [0.5, 0.6) is 0 Å². The monoisotopic (exact) mass is 433 g/mol. The van der Waals surface area contributed by atoms with E-state index in [0.29, 0.717) is 5.69 Å².